The third-order valence-corrected chi connectivity index (χ3v) is 4.13. The van der Waals surface area contributed by atoms with Crippen LogP contribution >= 0.6 is 11.3 Å². The Kier molecular flexibility index (Phi) is 3.99. The predicted molar refractivity (Wildman–Crippen MR) is 72.1 cm³/mol. The van der Waals surface area contributed by atoms with Gasteiger partial charge in [-0.3, -0.25) is 15.1 Å². The minimum Gasteiger partial charge on any atom is -0.297 e. The summed E-state index contributed by atoms with van der Waals surface area (Å²) in [5.74, 6) is 4.78. The molecule has 0 unspecified atom stereocenters. The van der Waals surface area contributed by atoms with Gasteiger partial charge in [-0.15, -0.1) is 11.3 Å². The van der Waals surface area contributed by atoms with Crippen molar-refractivity contribution in [1.82, 2.24) is 15.3 Å². The average molecular weight is 268 g/mol. The summed E-state index contributed by atoms with van der Waals surface area (Å²) in [7, 11) is 0. The van der Waals surface area contributed by atoms with Gasteiger partial charge in [-0.05, 0) is 24.8 Å². The number of carbonyl (C=O) groups is 1. The fraction of sp³-hybridized carbons (Fsp3) is 0.667. The maximum Gasteiger partial charge on any atom is 0.294 e. The van der Waals surface area contributed by atoms with E-state index in [2.05, 4.69) is 29.2 Å². The predicted octanol–water partition coefficient (Wildman–Crippen LogP) is 1.37. The highest BCUT2D eigenvalue weighted by atomic mass is 32.1. The summed E-state index contributed by atoms with van der Waals surface area (Å²) >= 11 is 1.34. The number of hydrogen-bond donors (Lipinski definition) is 2. The number of hydrazine groups is 1. The van der Waals surface area contributed by atoms with Gasteiger partial charge in [0.1, 0.15) is 0 Å². The first kappa shape index (κ1) is 13.5. The van der Waals surface area contributed by atoms with Crippen LogP contribution in [0.15, 0.2) is 5.38 Å². The van der Waals surface area contributed by atoms with Crippen LogP contribution in [0.2, 0.25) is 0 Å². The van der Waals surface area contributed by atoms with E-state index in [4.69, 9.17) is 5.84 Å². The van der Waals surface area contributed by atoms with Gasteiger partial charge in [0.2, 0.25) is 0 Å². The molecule has 1 aromatic rings. The fourth-order valence-corrected chi connectivity index (χ4v) is 3.17. The van der Waals surface area contributed by atoms with Gasteiger partial charge in [0.15, 0.2) is 5.01 Å². The Labute approximate surface area is 111 Å². The Morgan fingerprint density at radius 2 is 2.44 bits per heavy atom. The molecule has 0 aromatic carbocycles. The monoisotopic (exact) mass is 268 g/mol. The molecule has 1 amide bonds. The molecule has 0 spiro atoms. The number of amides is 1. The molecule has 0 saturated carbocycles. The molecule has 0 atom stereocenters. The Morgan fingerprint density at radius 1 is 1.67 bits per heavy atom. The van der Waals surface area contributed by atoms with Crippen LogP contribution in [0.25, 0.3) is 0 Å². The summed E-state index contributed by atoms with van der Waals surface area (Å²) in [6.45, 7) is 7.61. The van der Waals surface area contributed by atoms with E-state index in [-0.39, 0.29) is 5.91 Å². The molecule has 0 radical (unpaired) electrons. The number of rotatable bonds is 3. The molecule has 100 valence electrons. The van der Waals surface area contributed by atoms with Crippen LogP contribution in [0.3, 0.4) is 0 Å². The van der Waals surface area contributed by atoms with Crippen molar-refractivity contribution in [2.24, 2.45) is 11.3 Å². The molecule has 6 heteroatoms. The molecule has 1 aliphatic rings. The summed E-state index contributed by atoms with van der Waals surface area (Å²) in [6, 6.07) is 0. The fourth-order valence-electron chi connectivity index (χ4n) is 2.45. The molecule has 3 N–H and O–H groups in total. The Morgan fingerprint density at radius 3 is 3.11 bits per heavy atom. The highest BCUT2D eigenvalue weighted by Gasteiger charge is 2.26. The van der Waals surface area contributed by atoms with Crippen LogP contribution in [0.4, 0.5) is 0 Å². The summed E-state index contributed by atoms with van der Waals surface area (Å²) in [6.07, 6.45) is 2.51. The van der Waals surface area contributed by atoms with Crippen LogP contribution in [0, 0.1) is 5.41 Å². The second-order valence-electron chi connectivity index (χ2n) is 5.60. The standard InChI is InChI=1S/C12H20N4OS/c1-12(2)4-3-5-16(8-12)6-9-7-18-11(14-9)10(17)15-13/h7H,3-6,8,13H2,1-2H3,(H,15,17). The van der Waals surface area contributed by atoms with E-state index in [0.717, 1.165) is 25.3 Å². The zero-order valence-corrected chi connectivity index (χ0v) is 11.7. The number of piperidine rings is 1. The van der Waals surface area contributed by atoms with Gasteiger partial charge < -0.3 is 0 Å². The van der Waals surface area contributed by atoms with Crippen molar-refractivity contribution in [3.8, 4) is 0 Å². The first-order chi connectivity index (χ1) is 8.50. The summed E-state index contributed by atoms with van der Waals surface area (Å²) in [5, 5.41) is 2.37. The van der Waals surface area contributed by atoms with Gasteiger partial charge in [0.25, 0.3) is 5.91 Å². The SMILES string of the molecule is CC1(C)CCCN(Cc2csc(C(=O)NN)n2)C1. The number of nitrogens with one attached hydrogen (secondary N) is 1. The first-order valence-electron chi connectivity index (χ1n) is 6.18. The number of hydrogen-bond acceptors (Lipinski definition) is 5. The minimum absolute atomic E-state index is 0.315. The van der Waals surface area contributed by atoms with Gasteiger partial charge in [-0.25, -0.2) is 10.8 Å². The van der Waals surface area contributed by atoms with E-state index in [9.17, 15) is 4.79 Å². The van der Waals surface area contributed by atoms with Crippen molar-refractivity contribution >= 4 is 17.2 Å². The number of nitrogen functional groups attached to an aromatic ring is 1. The zero-order chi connectivity index (χ0) is 13.2. The molecule has 2 heterocycles. The van der Waals surface area contributed by atoms with E-state index in [0.29, 0.717) is 10.4 Å². The lowest BCUT2D eigenvalue weighted by molar-refractivity contribution is 0.0951. The van der Waals surface area contributed by atoms with Crippen LogP contribution < -0.4 is 11.3 Å². The molecule has 1 aromatic heterocycles. The third kappa shape index (κ3) is 3.28. The van der Waals surface area contributed by atoms with E-state index >= 15 is 0 Å². The maximum atomic E-state index is 11.3. The minimum atomic E-state index is -0.315. The molecular formula is C12H20N4OS. The third-order valence-electron chi connectivity index (χ3n) is 3.24. The summed E-state index contributed by atoms with van der Waals surface area (Å²) in [4.78, 5) is 18.0. The van der Waals surface area contributed by atoms with E-state index in [1.807, 2.05) is 5.38 Å². The average Bonchev–Trinajstić information content (AvgIpc) is 2.75. The van der Waals surface area contributed by atoms with Crippen molar-refractivity contribution in [1.29, 1.82) is 0 Å². The number of nitrogens with two attached hydrogens (primary N) is 1. The van der Waals surface area contributed by atoms with Crippen molar-refractivity contribution in [3.63, 3.8) is 0 Å². The Balaban J connectivity index is 1.97. The lowest BCUT2D eigenvalue weighted by Gasteiger charge is -2.37. The van der Waals surface area contributed by atoms with Crippen LogP contribution in [-0.4, -0.2) is 28.9 Å². The lowest BCUT2D eigenvalue weighted by atomic mass is 9.84. The molecule has 1 aliphatic heterocycles. The van der Waals surface area contributed by atoms with E-state index in [1.54, 1.807) is 0 Å². The molecule has 2 rings (SSSR count). The van der Waals surface area contributed by atoms with Crippen molar-refractivity contribution in [2.45, 2.75) is 33.2 Å². The first-order valence-corrected chi connectivity index (χ1v) is 7.06. The number of carbonyl (C=O) groups excluding carboxylic acids is 1. The molecule has 5 nitrogen and oxygen atoms in total. The van der Waals surface area contributed by atoms with Gasteiger partial charge in [-0.1, -0.05) is 13.8 Å². The second kappa shape index (κ2) is 5.34. The Bertz CT molecular complexity index is 429. The molecule has 0 bridgehead atoms. The highest BCUT2D eigenvalue weighted by Crippen LogP contribution is 2.29. The van der Waals surface area contributed by atoms with Gasteiger partial charge in [-0.2, -0.15) is 0 Å². The van der Waals surface area contributed by atoms with Crippen molar-refractivity contribution in [2.75, 3.05) is 13.1 Å². The molecule has 1 saturated heterocycles. The van der Waals surface area contributed by atoms with E-state index < -0.39 is 0 Å². The van der Waals surface area contributed by atoms with Gasteiger partial charge in [0.05, 0.1) is 5.69 Å². The van der Waals surface area contributed by atoms with Crippen LogP contribution in [0.5, 0.6) is 0 Å². The Hall–Kier alpha value is -0.980. The van der Waals surface area contributed by atoms with Crippen molar-refractivity contribution < 1.29 is 4.79 Å². The molecule has 0 aliphatic carbocycles. The van der Waals surface area contributed by atoms with Crippen molar-refractivity contribution in [3.05, 3.63) is 16.1 Å². The lowest BCUT2D eigenvalue weighted by Crippen LogP contribution is -2.39. The number of likely N-dealkylation sites (tertiary alicyclic amines) is 1. The number of thiazole rings is 1. The normalized spacial score (nSPS) is 19.7. The number of aromatic nitrogens is 1. The number of nitrogens with zero attached hydrogens (tertiary/aromatic N) is 2. The van der Waals surface area contributed by atoms with Crippen LogP contribution in [-0.2, 0) is 6.54 Å². The van der Waals surface area contributed by atoms with Gasteiger partial charge >= 0.3 is 0 Å². The summed E-state index contributed by atoms with van der Waals surface area (Å²) < 4.78 is 0. The smallest absolute Gasteiger partial charge is 0.294 e. The molecule has 1 fully saturated rings. The topological polar surface area (TPSA) is 71.2 Å². The summed E-state index contributed by atoms with van der Waals surface area (Å²) in [5.41, 5.74) is 3.44. The largest absolute Gasteiger partial charge is 0.297 e. The van der Waals surface area contributed by atoms with E-state index in [1.165, 1.54) is 24.2 Å². The maximum absolute atomic E-state index is 11.3. The van der Waals surface area contributed by atoms with Gasteiger partial charge in [0, 0.05) is 18.5 Å². The second-order valence-corrected chi connectivity index (χ2v) is 6.45. The molecular weight excluding hydrogens is 248 g/mol. The highest BCUT2D eigenvalue weighted by molar-refractivity contribution is 7.11. The van der Waals surface area contributed by atoms with Crippen LogP contribution in [0.1, 0.15) is 42.2 Å². The quantitative estimate of drug-likeness (QED) is 0.493. The molecule has 18 heavy (non-hydrogen) atoms. The zero-order valence-electron chi connectivity index (χ0n) is 10.9.